The first-order chi connectivity index (χ1) is 19.8. The molecule has 2 saturated heterocycles. The van der Waals surface area contributed by atoms with Gasteiger partial charge in [-0.15, -0.1) is 0 Å². The number of allylic oxidation sites excluding steroid dienone is 1. The van der Waals surface area contributed by atoms with Crippen LogP contribution >= 0.6 is 0 Å². The molecule has 42 heavy (non-hydrogen) atoms. The summed E-state index contributed by atoms with van der Waals surface area (Å²) in [6.45, 7) is 12.9. The molecule has 7 nitrogen and oxygen atoms in total. The molecule has 5 fully saturated rings. The van der Waals surface area contributed by atoms with E-state index in [2.05, 4.69) is 39.3 Å². The Hall–Kier alpha value is -1.12. The summed E-state index contributed by atoms with van der Waals surface area (Å²) in [6.07, 6.45) is 14.2. The van der Waals surface area contributed by atoms with Crippen molar-refractivity contribution >= 4 is 16.1 Å². The number of hydrogen-bond acceptors (Lipinski definition) is 5. The van der Waals surface area contributed by atoms with Crippen molar-refractivity contribution in [1.82, 2.24) is 9.62 Å². The van der Waals surface area contributed by atoms with E-state index in [0.717, 1.165) is 63.8 Å². The highest BCUT2D eigenvalue weighted by Gasteiger charge is 2.61. The highest BCUT2D eigenvalue weighted by Crippen LogP contribution is 2.65. The number of unbranched alkanes of at least 4 members (excludes halogenated alkanes) is 1. The molecule has 11 atom stereocenters. The van der Waals surface area contributed by atoms with Crippen LogP contribution in [0.15, 0.2) is 11.1 Å². The third kappa shape index (κ3) is 5.37. The van der Waals surface area contributed by atoms with Crippen LogP contribution in [0.5, 0.6) is 0 Å². The number of carbonyl (C=O) groups excluding carboxylic acids is 1. The van der Waals surface area contributed by atoms with Gasteiger partial charge in [-0.2, -0.15) is 0 Å². The van der Waals surface area contributed by atoms with E-state index in [1.807, 2.05) is 4.90 Å². The number of sulfonamides is 1. The van der Waals surface area contributed by atoms with Crippen LogP contribution in [0.25, 0.3) is 0 Å². The number of fused-ring (bicyclic) bond motifs is 6. The standard InChI is InChI=1S/C34H56N2O5S/c1-7-8-15-40-32(37)36-20-21(2)16-30-31(36)23(4)34(41-30)14-12-26-27-10-9-24-17-25(35-42(6,38)39)11-13-33(24,5)29(27)18-28(26)22(3)19-34/h21,23-27,29-31,35H,7-20H2,1-6H3/t21-,23+,24+,25+,26-,27-,29-,30+,31-,33-,34-/m0/s1. The average Bonchev–Trinajstić information content (AvgIpc) is 3.37. The van der Waals surface area contributed by atoms with E-state index in [1.54, 1.807) is 11.1 Å². The number of piperidine rings is 1. The van der Waals surface area contributed by atoms with Crippen molar-refractivity contribution < 1.29 is 22.7 Å². The number of carbonyl (C=O) groups is 1. The highest BCUT2D eigenvalue weighted by atomic mass is 32.2. The van der Waals surface area contributed by atoms with Gasteiger partial charge < -0.3 is 14.4 Å². The maximum atomic E-state index is 13.3. The van der Waals surface area contributed by atoms with Gasteiger partial charge in [0.2, 0.25) is 10.0 Å². The molecule has 2 aliphatic heterocycles. The molecule has 0 bridgehead atoms. The molecule has 3 saturated carbocycles. The van der Waals surface area contributed by atoms with Crippen LogP contribution < -0.4 is 4.72 Å². The van der Waals surface area contributed by atoms with E-state index in [1.165, 1.54) is 31.9 Å². The van der Waals surface area contributed by atoms with E-state index in [0.29, 0.717) is 35.7 Å². The van der Waals surface area contributed by atoms with Gasteiger partial charge in [-0.25, -0.2) is 17.9 Å². The SMILES string of the molecule is CCCCOC(=O)N1C[C@@H](C)C[C@H]2O[C@]3(CC[C@@H]4C(=C(C)C3)C[C@H]3[C@H]4CC[C@@H]4C[C@H](NS(C)(=O)=O)CC[C@@]43C)[C@H](C)[C@@H]21. The minimum absolute atomic E-state index is 0.0936. The Morgan fingerprint density at radius 1 is 1.14 bits per heavy atom. The van der Waals surface area contributed by atoms with Crippen LogP contribution in [-0.4, -0.2) is 62.6 Å². The third-order valence-corrected chi connectivity index (χ3v) is 13.9. The van der Waals surface area contributed by atoms with Crippen molar-refractivity contribution in [2.45, 2.75) is 135 Å². The van der Waals surface area contributed by atoms with E-state index in [4.69, 9.17) is 9.47 Å². The zero-order chi connectivity index (χ0) is 30.0. The third-order valence-electron chi connectivity index (χ3n) is 13.1. The van der Waals surface area contributed by atoms with Gasteiger partial charge in [-0.3, -0.25) is 0 Å². The first-order valence-corrected chi connectivity index (χ1v) is 19.0. The lowest BCUT2D eigenvalue weighted by molar-refractivity contribution is -0.0801. The molecule has 1 amide bonds. The van der Waals surface area contributed by atoms with Crippen LogP contribution in [0.2, 0.25) is 0 Å². The first kappa shape index (κ1) is 30.9. The molecule has 0 aromatic rings. The molecule has 0 aromatic carbocycles. The topological polar surface area (TPSA) is 84.9 Å². The molecule has 238 valence electrons. The number of ether oxygens (including phenoxy) is 2. The molecule has 6 rings (SSSR count). The smallest absolute Gasteiger partial charge is 0.410 e. The van der Waals surface area contributed by atoms with Gasteiger partial charge in [-0.1, -0.05) is 45.3 Å². The van der Waals surface area contributed by atoms with E-state index in [9.17, 15) is 13.2 Å². The summed E-state index contributed by atoms with van der Waals surface area (Å²) in [4.78, 5) is 15.3. The predicted octanol–water partition coefficient (Wildman–Crippen LogP) is 6.68. The normalized spacial score (nSPS) is 45.2. The molecule has 2 heterocycles. The maximum absolute atomic E-state index is 13.3. The first-order valence-electron chi connectivity index (χ1n) is 17.1. The molecule has 1 N–H and O–H groups in total. The van der Waals surface area contributed by atoms with Crippen molar-refractivity contribution in [1.29, 1.82) is 0 Å². The van der Waals surface area contributed by atoms with Gasteiger partial charge in [0.15, 0.2) is 0 Å². The van der Waals surface area contributed by atoms with Gasteiger partial charge in [-0.05, 0) is 113 Å². The second-order valence-corrected chi connectivity index (χ2v) is 17.5. The van der Waals surface area contributed by atoms with Crippen molar-refractivity contribution in [3.05, 3.63) is 11.1 Å². The number of amides is 1. The second-order valence-electron chi connectivity index (χ2n) is 15.7. The predicted molar refractivity (Wildman–Crippen MR) is 165 cm³/mol. The summed E-state index contributed by atoms with van der Waals surface area (Å²) < 4.78 is 39.7. The fourth-order valence-corrected chi connectivity index (χ4v) is 11.9. The molecule has 0 radical (unpaired) electrons. The van der Waals surface area contributed by atoms with Gasteiger partial charge in [0.05, 0.1) is 30.6 Å². The lowest BCUT2D eigenvalue weighted by Gasteiger charge is -2.54. The van der Waals surface area contributed by atoms with Gasteiger partial charge >= 0.3 is 6.09 Å². The molecular formula is C34H56N2O5S. The molecule has 8 heteroatoms. The monoisotopic (exact) mass is 604 g/mol. The van der Waals surface area contributed by atoms with E-state index < -0.39 is 10.0 Å². The van der Waals surface area contributed by atoms with Crippen LogP contribution in [0.4, 0.5) is 4.79 Å². The largest absolute Gasteiger partial charge is 0.449 e. The van der Waals surface area contributed by atoms with Crippen LogP contribution in [0.3, 0.4) is 0 Å². The van der Waals surface area contributed by atoms with E-state index >= 15 is 0 Å². The van der Waals surface area contributed by atoms with Crippen LogP contribution in [-0.2, 0) is 19.5 Å². The minimum Gasteiger partial charge on any atom is -0.449 e. The summed E-state index contributed by atoms with van der Waals surface area (Å²) in [5, 5.41) is 0. The molecule has 1 spiro atoms. The second kappa shape index (κ2) is 11.3. The molecule has 4 aliphatic carbocycles. The summed E-state index contributed by atoms with van der Waals surface area (Å²) in [5.74, 6) is 3.38. The minimum atomic E-state index is -3.17. The Balaban J connectivity index is 1.20. The molecule has 0 unspecified atom stereocenters. The van der Waals surface area contributed by atoms with Crippen LogP contribution in [0.1, 0.15) is 112 Å². The number of nitrogens with one attached hydrogen (secondary N) is 1. The van der Waals surface area contributed by atoms with Gasteiger partial charge in [0.1, 0.15) is 0 Å². The van der Waals surface area contributed by atoms with Crippen molar-refractivity contribution in [2.75, 3.05) is 19.4 Å². The molecule has 0 aromatic heterocycles. The Morgan fingerprint density at radius 3 is 2.67 bits per heavy atom. The molecule has 6 aliphatic rings. The zero-order valence-corrected chi connectivity index (χ0v) is 27.8. The fourth-order valence-electron chi connectivity index (χ4n) is 11.1. The van der Waals surface area contributed by atoms with E-state index in [-0.39, 0.29) is 35.8 Å². The summed E-state index contributed by atoms with van der Waals surface area (Å²) in [7, 11) is -3.17. The Morgan fingerprint density at radius 2 is 1.93 bits per heavy atom. The lowest BCUT2D eigenvalue weighted by Crippen LogP contribution is -2.54. The van der Waals surface area contributed by atoms with Crippen LogP contribution in [0, 0.1) is 40.9 Å². The Kier molecular flexibility index (Phi) is 8.35. The molecular weight excluding hydrogens is 548 g/mol. The maximum Gasteiger partial charge on any atom is 0.410 e. The Labute approximate surface area is 255 Å². The van der Waals surface area contributed by atoms with Crippen molar-refractivity contribution in [3.8, 4) is 0 Å². The fraction of sp³-hybridized carbons (Fsp3) is 0.912. The number of hydrogen-bond donors (Lipinski definition) is 1. The number of rotatable bonds is 5. The Bertz CT molecular complexity index is 1190. The summed E-state index contributed by atoms with van der Waals surface area (Å²) >= 11 is 0. The quantitative estimate of drug-likeness (QED) is 0.280. The zero-order valence-electron chi connectivity index (χ0n) is 27.0. The van der Waals surface area contributed by atoms with Crippen molar-refractivity contribution in [3.63, 3.8) is 0 Å². The average molecular weight is 605 g/mol. The lowest BCUT2D eigenvalue weighted by atomic mass is 9.52. The number of nitrogens with zero attached hydrogens (tertiary/aromatic N) is 1. The van der Waals surface area contributed by atoms with Gasteiger partial charge in [0, 0.05) is 18.5 Å². The summed E-state index contributed by atoms with van der Waals surface area (Å²) in [5.41, 5.74) is 3.37. The van der Waals surface area contributed by atoms with Gasteiger partial charge in [0.25, 0.3) is 0 Å². The summed E-state index contributed by atoms with van der Waals surface area (Å²) in [6, 6.07) is 0.196. The highest BCUT2D eigenvalue weighted by molar-refractivity contribution is 7.88. The number of likely N-dealkylation sites (tertiary alicyclic amines) is 1. The van der Waals surface area contributed by atoms with Crippen molar-refractivity contribution in [2.24, 2.45) is 40.9 Å².